The molecule has 1 amide bonds. The first-order valence-electron chi connectivity index (χ1n) is 6.70. The monoisotopic (exact) mass is 288 g/mol. The quantitative estimate of drug-likeness (QED) is 0.661. The number of carbonyl (C=O) groups excluding carboxylic acids is 2. The Morgan fingerprint density at radius 3 is 2.71 bits per heavy atom. The number of rotatable bonds is 4. The lowest BCUT2D eigenvalue weighted by Gasteiger charge is -2.17. The largest absolute Gasteiger partial charge is 0.465 e. The van der Waals surface area contributed by atoms with Crippen molar-refractivity contribution in [3.8, 4) is 11.8 Å². The van der Waals surface area contributed by atoms with E-state index in [0.29, 0.717) is 17.7 Å². The summed E-state index contributed by atoms with van der Waals surface area (Å²) in [5.74, 6) is 4.92. The summed E-state index contributed by atoms with van der Waals surface area (Å²) in [6.07, 6.45) is 0. The fourth-order valence-electron chi connectivity index (χ4n) is 1.77. The second-order valence-corrected chi connectivity index (χ2v) is 4.52. The van der Waals surface area contributed by atoms with E-state index in [4.69, 9.17) is 10.5 Å². The molecular weight excluding hydrogens is 268 g/mol. The minimum Gasteiger partial charge on any atom is -0.465 e. The molecule has 5 heteroatoms. The summed E-state index contributed by atoms with van der Waals surface area (Å²) in [6.45, 7) is 4.06. The summed E-state index contributed by atoms with van der Waals surface area (Å²) in [7, 11) is 1.55. The molecule has 112 valence electrons. The Hall–Kier alpha value is -2.32. The Kier molecular flexibility index (Phi) is 6.44. The molecule has 0 bridgehead atoms. The topological polar surface area (TPSA) is 72.6 Å². The summed E-state index contributed by atoms with van der Waals surface area (Å²) in [6, 6.07) is 5.37. The molecule has 0 aliphatic carbocycles. The highest BCUT2D eigenvalue weighted by molar-refractivity contribution is 5.98. The number of hydrogen-bond donors (Lipinski definition) is 1. The van der Waals surface area contributed by atoms with Gasteiger partial charge >= 0.3 is 5.97 Å². The van der Waals surface area contributed by atoms with Crippen molar-refractivity contribution in [1.82, 2.24) is 4.90 Å². The summed E-state index contributed by atoms with van der Waals surface area (Å²) < 4.78 is 4.84. The third-order valence-electron chi connectivity index (χ3n) is 2.75. The summed E-state index contributed by atoms with van der Waals surface area (Å²) >= 11 is 0. The first-order chi connectivity index (χ1) is 9.99. The molecule has 0 aromatic heterocycles. The van der Waals surface area contributed by atoms with Crippen molar-refractivity contribution in [2.24, 2.45) is 5.73 Å². The molecule has 2 N–H and O–H groups in total. The van der Waals surface area contributed by atoms with Crippen molar-refractivity contribution < 1.29 is 14.3 Å². The van der Waals surface area contributed by atoms with Crippen molar-refractivity contribution in [2.45, 2.75) is 13.8 Å². The maximum Gasteiger partial charge on any atom is 0.325 e. The van der Waals surface area contributed by atoms with Crippen LogP contribution in [0.1, 0.15) is 28.4 Å². The SMILES string of the molecule is CCOC(=O)CN(C)C(=O)c1ccc(C)cc1C#CCN. The average Bonchev–Trinajstić information content (AvgIpc) is 2.44. The van der Waals surface area contributed by atoms with Gasteiger partial charge in [-0.3, -0.25) is 9.59 Å². The van der Waals surface area contributed by atoms with Gasteiger partial charge in [0.05, 0.1) is 18.7 Å². The van der Waals surface area contributed by atoms with Gasteiger partial charge in [-0.2, -0.15) is 0 Å². The Balaban J connectivity index is 2.98. The molecule has 1 aromatic rings. The fourth-order valence-corrected chi connectivity index (χ4v) is 1.77. The van der Waals surface area contributed by atoms with Gasteiger partial charge in [0.2, 0.25) is 0 Å². The molecule has 0 saturated heterocycles. The van der Waals surface area contributed by atoms with Crippen LogP contribution in [0, 0.1) is 18.8 Å². The van der Waals surface area contributed by atoms with Crippen molar-refractivity contribution in [1.29, 1.82) is 0 Å². The van der Waals surface area contributed by atoms with Crippen molar-refractivity contribution in [3.05, 3.63) is 34.9 Å². The van der Waals surface area contributed by atoms with Crippen molar-refractivity contribution >= 4 is 11.9 Å². The van der Waals surface area contributed by atoms with Gasteiger partial charge in [0.1, 0.15) is 6.54 Å². The Labute approximate surface area is 125 Å². The lowest BCUT2D eigenvalue weighted by molar-refractivity contribution is -0.143. The van der Waals surface area contributed by atoms with Crippen LogP contribution in [0.5, 0.6) is 0 Å². The number of esters is 1. The van der Waals surface area contributed by atoms with Crippen LogP contribution < -0.4 is 5.73 Å². The molecule has 1 aromatic carbocycles. The maximum atomic E-state index is 12.4. The maximum absolute atomic E-state index is 12.4. The molecule has 0 atom stereocenters. The van der Waals surface area contributed by atoms with Crippen molar-refractivity contribution in [2.75, 3.05) is 26.7 Å². The smallest absolute Gasteiger partial charge is 0.325 e. The van der Waals surface area contributed by atoms with Crippen LogP contribution in [0.25, 0.3) is 0 Å². The number of nitrogens with zero attached hydrogens (tertiary/aromatic N) is 1. The van der Waals surface area contributed by atoms with E-state index in [1.165, 1.54) is 4.90 Å². The lowest BCUT2D eigenvalue weighted by atomic mass is 10.0. The van der Waals surface area contributed by atoms with Crippen LogP contribution in [0.2, 0.25) is 0 Å². The molecule has 0 saturated carbocycles. The molecule has 21 heavy (non-hydrogen) atoms. The number of amides is 1. The summed E-state index contributed by atoms with van der Waals surface area (Å²) in [5.41, 5.74) is 7.43. The number of benzene rings is 1. The van der Waals surface area contributed by atoms with Gasteiger partial charge < -0.3 is 15.4 Å². The molecule has 0 unspecified atom stereocenters. The van der Waals surface area contributed by atoms with Crippen LogP contribution in [0.4, 0.5) is 0 Å². The van der Waals surface area contributed by atoms with E-state index in [9.17, 15) is 9.59 Å². The van der Waals surface area contributed by atoms with Crippen LogP contribution >= 0.6 is 0 Å². The molecule has 0 spiro atoms. The first kappa shape index (κ1) is 16.7. The van der Waals surface area contributed by atoms with E-state index in [2.05, 4.69) is 11.8 Å². The zero-order chi connectivity index (χ0) is 15.8. The minimum atomic E-state index is -0.435. The Morgan fingerprint density at radius 2 is 2.10 bits per heavy atom. The van der Waals surface area contributed by atoms with Gasteiger partial charge in [0.15, 0.2) is 0 Å². The van der Waals surface area contributed by atoms with E-state index in [1.54, 1.807) is 20.0 Å². The van der Waals surface area contributed by atoms with Gasteiger partial charge in [-0.25, -0.2) is 0 Å². The van der Waals surface area contributed by atoms with E-state index in [0.717, 1.165) is 5.56 Å². The predicted molar refractivity (Wildman–Crippen MR) is 80.7 cm³/mol. The lowest BCUT2D eigenvalue weighted by Crippen LogP contribution is -2.33. The molecular formula is C16H20N2O3. The number of nitrogens with two attached hydrogens (primary N) is 1. The number of ether oxygens (including phenoxy) is 1. The average molecular weight is 288 g/mol. The van der Waals surface area contributed by atoms with E-state index >= 15 is 0 Å². The van der Waals surface area contributed by atoms with Crippen LogP contribution in [-0.2, 0) is 9.53 Å². The zero-order valence-electron chi connectivity index (χ0n) is 12.6. The second-order valence-electron chi connectivity index (χ2n) is 4.52. The van der Waals surface area contributed by atoms with E-state index < -0.39 is 5.97 Å². The highest BCUT2D eigenvalue weighted by atomic mass is 16.5. The summed E-state index contributed by atoms with van der Waals surface area (Å²) in [4.78, 5) is 25.2. The number of likely N-dealkylation sites (N-methyl/N-ethyl adjacent to an activating group) is 1. The van der Waals surface area contributed by atoms with Crippen LogP contribution in [-0.4, -0.2) is 43.5 Å². The molecule has 0 radical (unpaired) electrons. The Morgan fingerprint density at radius 1 is 1.38 bits per heavy atom. The summed E-state index contributed by atoms with van der Waals surface area (Å²) in [5, 5.41) is 0. The standard InChI is InChI=1S/C16H20N2O3/c1-4-21-15(19)11-18(3)16(20)14-8-7-12(2)10-13(14)6-5-9-17/h7-8,10H,4,9,11,17H2,1-3H3. The third-order valence-corrected chi connectivity index (χ3v) is 2.75. The Bertz CT molecular complexity index is 585. The predicted octanol–water partition coefficient (Wildman–Crippen LogP) is 0.940. The minimum absolute atomic E-state index is 0.0929. The van der Waals surface area contributed by atoms with Gasteiger partial charge in [0, 0.05) is 12.6 Å². The molecule has 5 nitrogen and oxygen atoms in total. The van der Waals surface area contributed by atoms with Crippen LogP contribution in [0.3, 0.4) is 0 Å². The molecule has 0 aliphatic rings. The van der Waals surface area contributed by atoms with E-state index in [-0.39, 0.29) is 19.0 Å². The fraction of sp³-hybridized carbons (Fsp3) is 0.375. The number of hydrogen-bond acceptors (Lipinski definition) is 4. The second kappa shape index (κ2) is 8.08. The normalized spacial score (nSPS) is 9.52. The molecule has 1 rings (SSSR count). The van der Waals surface area contributed by atoms with Crippen LogP contribution in [0.15, 0.2) is 18.2 Å². The van der Waals surface area contributed by atoms with Gasteiger partial charge in [0.25, 0.3) is 5.91 Å². The molecule has 0 fully saturated rings. The van der Waals surface area contributed by atoms with E-state index in [1.807, 2.05) is 19.1 Å². The zero-order valence-corrected chi connectivity index (χ0v) is 12.6. The molecule has 0 aliphatic heterocycles. The van der Waals surface area contributed by atoms with Gasteiger partial charge in [-0.05, 0) is 31.5 Å². The molecule has 0 heterocycles. The van der Waals surface area contributed by atoms with Gasteiger partial charge in [-0.1, -0.05) is 17.9 Å². The highest BCUT2D eigenvalue weighted by Gasteiger charge is 2.18. The highest BCUT2D eigenvalue weighted by Crippen LogP contribution is 2.13. The van der Waals surface area contributed by atoms with Gasteiger partial charge in [-0.15, -0.1) is 0 Å². The number of aryl methyl sites for hydroxylation is 1. The third kappa shape index (κ3) is 4.93. The van der Waals surface area contributed by atoms with Crippen molar-refractivity contribution in [3.63, 3.8) is 0 Å². The number of carbonyl (C=O) groups is 2. The first-order valence-corrected chi connectivity index (χ1v) is 6.70.